The Morgan fingerprint density at radius 1 is 1.39 bits per heavy atom. The highest BCUT2D eigenvalue weighted by Gasteiger charge is 2.21. The summed E-state index contributed by atoms with van der Waals surface area (Å²) in [5.74, 6) is 1.28. The summed E-state index contributed by atoms with van der Waals surface area (Å²) in [7, 11) is 1.81. The predicted octanol–water partition coefficient (Wildman–Crippen LogP) is 1.61. The number of nitrogens with zero attached hydrogens (tertiary/aromatic N) is 4. The molecule has 1 aromatic rings. The average Bonchev–Trinajstić information content (AvgIpc) is 2.74. The van der Waals surface area contributed by atoms with E-state index in [1.807, 2.05) is 25.1 Å². The van der Waals surface area contributed by atoms with Crippen LogP contribution in [0.4, 0.5) is 0 Å². The normalized spacial score (nSPS) is 17.2. The predicted molar refractivity (Wildman–Crippen MR) is 136 cm³/mol. The number of morpholine rings is 1. The van der Waals surface area contributed by atoms with E-state index in [0.29, 0.717) is 25.0 Å². The van der Waals surface area contributed by atoms with Gasteiger partial charge in [0.1, 0.15) is 6.54 Å². The fourth-order valence-corrected chi connectivity index (χ4v) is 3.36. The quantitative estimate of drug-likeness (QED) is 0.264. The highest BCUT2D eigenvalue weighted by atomic mass is 127. The van der Waals surface area contributed by atoms with E-state index in [0.717, 1.165) is 44.9 Å². The van der Waals surface area contributed by atoms with E-state index >= 15 is 0 Å². The molecule has 176 valence electrons. The van der Waals surface area contributed by atoms with Gasteiger partial charge in [-0.25, -0.2) is 4.99 Å². The van der Waals surface area contributed by atoms with E-state index in [1.54, 1.807) is 18.1 Å². The molecule has 1 atom stereocenters. The van der Waals surface area contributed by atoms with E-state index < -0.39 is 0 Å². The summed E-state index contributed by atoms with van der Waals surface area (Å²) >= 11 is 0. The smallest absolute Gasteiger partial charge is 0.244 e. The lowest BCUT2D eigenvalue weighted by atomic mass is 10.2. The van der Waals surface area contributed by atoms with Crippen LogP contribution in [0.25, 0.3) is 0 Å². The monoisotopic (exact) mass is 546 g/mol. The minimum Gasteiger partial charge on any atom is -0.374 e. The van der Waals surface area contributed by atoms with Crippen molar-refractivity contribution in [3.8, 4) is 0 Å². The Kier molecular flexibility index (Phi) is 13.7. The first kappa shape index (κ1) is 27.6. The van der Waals surface area contributed by atoms with Crippen LogP contribution in [-0.4, -0.2) is 92.2 Å². The Morgan fingerprint density at radius 3 is 2.87 bits per heavy atom. The number of nitrogens with one attached hydrogen (secondary N) is 2. The Bertz CT molecular complexity index is 659. The maximum atomic E-state index is 12.4. The molecular weight excluding hydrogens is 507 g/mol. The molecule has 1 fully saturated rings. The molecular formula is C22H39IN6O2. The van der Waals surface area contributed by atoms with Crippen LogP contribution in [0.2, 0.25) is 0 Å². The molecule has 2 heterocycles. The minimum atomic E-state index is -0.0137. The first-order valence-electron chi connectivity index (χ1n) is 11.0. The summed E-state index contributed by atoms with van der Waals surface area (Å²) in [4.78, 5) is 25.3. The summed E-state index contributed by atoms with van der Waals surface area (Å²) in [6, 6.07) is 5.82. The molecule has 0 radical (unpaired) electrons. The van der Waals surface area contributed by atoms with Crippen LogP contribution in [0.5, 0.6) is 0 Å². The lowest BCUT2D eigenvalue weighted by Crippen LogP contribution is -2.50. The molecule has 0 bridgehead atoms. The van der Waals surface area contributed by atoms with E-state index in [-0.39, 0.29) is 42.5 Å². The van der Waals surface area contributed by atoms with Gasteiger partial charge in [-0.2, -0.15) is 0 Å². The van der Waals surface area contributed by atoms with Crippen LogP contribution in [0.3, 0.4) is 0 Å². The third kappa shape index (κ3) is 11.1. The number of aromatic nitrogens is 1. The maximum absolute atomic E-state index is 12.4. The van der Waals surface area contributed by atoms with Crippen molar-refractivity contribution in [2.75, 3.05) is 59.5 Å². The van der Waals surface area contributed by atoms with Crippen molar-refractivity contribution in [2.45, 2.75) is 33.3 Å². The summed E-state index contributed by atoms with van der Waals surface area (Å²) in [5.41, 5.74) is 0.981. The zero-order chi connectivity index (χ0) is 21.8. The first-order chi connectivity index (χ1) is 14.5. The zero-order valence-electron chi connectivity index (χ0n) is 19.3. The lowest BCUT2D eigenvalue weighted by Gasteiger charge is -2.34. The van der Waals surface area contributed by atoms with Crippen LogP contribution < -0.4 is 10.6 Å². The second-order valence-electron chi connectivity index (χ2n) is 8.11. The number of rotatable bonds is 10. The molecule has 8 nitrogen and oxygen atoms in total. The van der Waals surface area contributed by atoms with Gasteiger partial charge in [-0.1, -0.05) is 19.9 Å². The summed E-state index contributed by atoms with van der Waals surface area (Å²) in [6.45, 7) is 12.4. The lowest BCUT2D eigenvalue weighted by molar-refractivity contribution is -0.128. The van der Waals surface area contributed by atoms with Crippen LogP contribution in [0.1, 0.15) is 26.5 Å². The molecule has 0 saturated carbocycles. The number of pyridine rings is 1. The van der Waals surface area contributed by atoms with E-state index in [1.165, 1.54) is 0 Å². The molecule has 0 aromatic carbocycles. The highest BCUT2D eigenvalue weighted by molar-refractivity contribution is 14.0. The third-order valence-electron chi connectivity index (χ3n) is 4.92. The minimum absolute atomic E-state index is 0. The maximum Gasteiger partial charge on any atom is 0.244 e. The van der Waals surface area contributed by atoms with Crippen molar-refractivity contribution in [3.05, 3.63) is 30.1 Å². The van der Waals surface area contributed by atoms with Gasteiger partial charge < -0.3 is 20.3 Å². The van der Waals surface area contributed by atoms with E-state index in [2.05, 4.69) is 39.4 Å². The van der Waals surface area contributed by atoms with E-state index in [9.17, 15) is 4.79 Å². The van der Waals surface area contributed by atoms with Gasteiger partial charge in [-0.3, -0.25) is 14.7 Å². The Hall–Kier alpha value is -1.46. The average molecular weight is 546 g/mol. The van der Waals surface area contributed by atoms with Crippen LogP contribution >= 0.6 is 24.0 Å². The van der Waals surface area contributed by atoms with Crippen molar-refractivity contribution < 1.29 is 9.53 Å². The fraction of sp³-hybridized carbons (Fsp3) is 0.682. The number of aliphatic imine (C=N–C) groups is 1. The van der Waals surface area contributed by atoms with Gasteiger partial charge in [0.25, 0.3) is 0 Å². The van der Waals surface area contributed by atoms with Crippen molar-refractivity contribution in [1.29, 1.82) is 0 Å². The molecule has 0 spiro atoms. The van der Waals surface area contributed by atoms with Crippen molar-refractivity contribution in [2.24, 2.45) is 10.9 Å². The molecule has 1 saturated heterocycles. The topological polar surface area (TPSA) is 82.1 Å². The standard InChI is InChI=1S/C22H38N6O2.HI/c1-5-23-22(25-14-20-17-28(12-13-30-20)16-18(2)3)26-15-21(29)27(4)11-9-19-8-6-7-10-24-19;/h6-8,10,18,20H,5,9,11-17H2,1-4H3,(H2,23,25,26);1H. The Balaban J connectivity index is 0.00000480. The summed E-state index contributed by atoms with van der Waals surface area (Å²) in [6.07, 6.45) is 2.63. The van der Waals surface area contributed by atoms with Crippen molar-refractivity contribution in [3.63, 3.8) is 0 Å². The molecule has 2 N–H and O–H groups in total. The van der Waals surface area contributed by atoms with Crippen LogP contribution in [0.15, 0.2) is 29.4 Å². The number of halogens is 1. The summed E-state index contributed by atoms with van der Waals surface area (Å²) < 4.78 is 5.89. The van der Waals surface area contributed by atoms with Crippen molar-refractivity contribution in [1.82, 2.24) is 25.4 Å². The van der Waals surface area contributed by atoms with Gasteiger partial charge in [-0.15, -0.1) is 24.0 Å². The second kappa shape index (κ2) is 15.4. The molecule has 31 heavy (non-hydrogen) atoms. The SMILES string of the molecule is CCNC(=NCC(=O)N(C)CCc1ccccn1)NCC1CN(CC(C)C)CCO1.I. The van der Waals surface area contributed by atoms with Gasteiger partial charge in [0.15, 0.2) is 5.96 Å². The second-order valence-corrected chi connectivity index (χ2v) is 8.11. The van der Waals surface area contributed by atoms with Gasteiger partial charge in [-0.05, 0) is 25.0 Å². The highest BCUT2D eigenvalue weighted by Crippen LogP contribution is 2.07. The molecule has 9 heteroatoms. The Morgan fingerprint density at radius 2 is 2.19 bits per heavy atom. The molecule has 1 aromatic heterocycles. The van der Waals surface area contributed by atoms with Gasteiger partial charge in [0.2, 0.25) is 5.91 Å². The first-order valence-corrected chi connectivity index (χ1v) is 11.0. The third-order valence-corrected chi connectivity index (χ3v) is 4.92. The van der Waals surface area contributed by atoms with Crippen LogP contribution in [-0.2, 0) is 16.0 Å². The molecule has 1 unspecified atom stereocenters. The number of carbonyl (C=O) groups excluding carboxylic acids is 1. The largest absolute Gasteiger partial charge is 0.374 e. The number of hydrogen-bond acceptors (Lipinski definition) is 5. The number of amides is 1. The van der Waals surface area contributed by atoms with Gasteiger partial charge in [0, 0.05) is 64.6 Å². The van der Waals surface area contributed by atoms with E-state index in [4.69, 9.17) is 4.74 Å². The molecule has 2 rings (SSSR count). The van der Waals surface area contributed by atoms with Crippen LogP contribution in [0, 0.1) is 5.92 Å². The number of guanidine groups is 1. The molecule has 1 aliphatic rings. The fourth-order valence-electron chi connectivity index (χ4n) is 3.36. The zero-order valence-corrected chi connectivity index (χ0v) is 21.7. The number of carbonyl (C=O) groups is 1. The Labute approximate surface area is 204 Å². The van der Waals surface area contributed by atoms with Gasteiger partial charge >= 0.3 is 0 Å². The number of ether oxygens (including phenoxy) is 1. The molecule has 0 aliphatic carbocycles. The van der Waals surface area contributed by atoms with Crippen molar-refractivity contribution >= 4 is 35.8 Å². The van der Waals surface area contributed by atoms with Gasteiger partial charge in [0.05, 0.1) is 12.7 Å². The molecule has 1 amide bonds. The molecule has 1 aliphatic heterocycles. The summed E-state index contributed by atoms with van der Waals surface area (Å²) in [5, 5.41) is 6.53. The number of likely N-dealkylation sites (N-methyl/N-ethyl adjacent to an activating group) is 1. The number of hydrogen-bond donors (Lipinski definition) is 2.